The van der Waals surface area contributed by atoms with Gasteiger partial charge in [-0.15, -0.1) is 0 Å². The van der Waals surface area contributed by atoms with Crippen LogP contribution in [0.4, 0.5) is 13.2 Å². The van der Waals surface area contributed by atoms with Crippen molar-refractivity contribution in [3.8, 4) is 11.5 Å². The zero-order valence-electron chi connectivity index (χ0n) is 23.9. The molecule has 0 saturated carbocycles. The summed E-state index contributed by atoms with van der Waals surface area (Å²) in [5.41, 5.74) is -1.19. The van der Waals surface area contributed by atoms with Crippen molar-refractivity contribution in [2.24, 2.45) is 4.99 Å². The van der Waals surface area contributed by atoms with Crippen molar-refractivity contribution in [1.82, 2.24) is 4.57 Å². The minimum atomic E-state index is -5.00. The quantitative estimate of drug-likeness (QED) is 0.186. The van der Waals surface area contributed by atoms with E-state index in [0.29, 0.717) is 33.7 Å². The molecule has 0 fully saturated rings. The molecule has 0 spiro atoms. The van der Waals surface area contributed by atoms with Gasteiger partial charge < -0.3 is 14.2 Å². The highest BCUT2D eigenvalue weighted by Gasteiger charge is 2.45. The maximum atomic E-state index is 14.3. The molecule has 13 heteroatoms. The fourth-order valence-electron chi connectivity index (χ4n) is 4.70. The molecule has 45 heavy (non-hydrogen) atoms. The molecule has 0 amide bonds. The van der Waals surface area contributed by atoms with Crippen LogP contribution in [0.25, 0.3) is 6.08 Å². The predicted octanol–water partition coefficient (Wildman–Crippen LogP) is 6.63. The molecule has 0 N–H and O–H groups in total. The molecule has 1 aliphatic rings. The molecule has 0 radical (unpaired) electrons. The van der Waals surface area contributed by atoms with Gasteiger partial charge in [-0.1, -0.05) is 64.9 Å². The van der Waals surface area contributed by atoms with E-state index in [4.69, 9.17) is 37.4 Å². The summed E-state index contributed by atoms with van der Waals surface area (Å²) in [6.45, 7) is 3.70. The summed E-state index contributed by atoms with van der Waals surface area (Å²) < 4.78 is 60.9. The number of aromatic nitrogens is 1. The lowest BCUT2D eigenvalue weighted by Crippen LogP contribution is -2.41. The Bertz CT molecular complexity index is 1940. The normalized spacial score (nSPS) is 15.0. The van der Waals surface area contributed by atoms with Gasteiger partial charge in [0.2, 0.25) is 0 Å². The summed E-state index contributed by atoms with van der Waals surface area (Å²) in [4.78, 5) is 30.4. The summed E-state index contributed by atoms with van der Waals surface area (Å²) >= 11 is 12.8. The van der Waals surface area contributed by atoms with Crippen LogP contribution in [0.5, 0.6) is 11.5 Å². The van der Waals surface area contributed by atoms with E-state index in [1.807, 2.05) is 19.1 Å². The second-order valence-corrected chi connectivity index (χ2v) is 11.6. The first-order valence-electron chi connectivity index (χ1n) is 13.7. The first-order chi connectivity index (χ1) is 21.5. The van der Waals surface area contributed by atoms with E-state index in [1.165, 1.54) is 37.3 Å². The number of carbonyl (C=O) groups is 1. The van der Waals surface area contributed by atoms with Gasteiger partial charge in [-0.25, -0.2) is 9.79 Å². The second kappa shape index (κ2) is 13.5. The van der Waals surface area contributed by atoms with Gasteiger partial charge in [0, 0.05) is 10.0 Å². The number of hydrogen-bond acceptors (Lipinski definition) is 7. The molecule has 234 valence electrons. The molecule has 4 aromatic rings. The lowest BCUT2D eigenvalue weighted by atomic mass is 9.95. The van der Waals surface area contributed by atoms with E-state index in [-0.39, 0.29) is 28.1 Å². The number of allylic oxidation sites excluding steroid dienone is 1. The Morgan fingerprint density at radius 1 is 0.956 bits per heavy atom. The third-order valence-corrected chi connectivity index (χ3v) is 8.14. The highest BCUT2D eigenvalue weighted by Crippen LogP contribution is 2.38. The monoisotopic (exact) mass is 676 g/mol. The van der Waals surface area contributed by atoms with Crippen LogP contribution < -0.4 is 24.4 Å². The smallest absolute Gasteiger partial charge is 0.434 e. The molecule has 0 unspecified atom stereocenters. The van der Waals surface area contributed by atoms with Gasteiger partial charge in [0.1, 0.15) is 6.61 Å². The number of carbonyl (C=O) groups excluding carboxylic acids is 1. The third kappa shape index (κ3) is 7.11. The number of ether oxygens (including phenoxy) is 3. The summed E-state index contributed by atoms with van der Waals surface area (Å²) in [5, 5.41) is 0.934. The average molecular weight is 678 g/mol. The highest BCUT2D eigenvalue weighted by molar-refractivity contribution is 7.07. The van der Waals surface area contributed by atoms with Crippen molar-refractivity contribution in [3.05, 3.63) is 124 Å². The number of hydrogen-bond donors (Lipinski definition) is 0. The van der Waals surface area contributed by atoms with E-state index in [0.717, 1.165) is 21.5 Å². The molecule has 0 aliphatic carbocycles. The van der Waals surface area contributed by atoms with Gasteiger partial charge in [0.25, 0.3) is 5.56 Å². The number of nitrogens with zero attached hydrogens (tertiary/aromatic N) is 2. The topological polar surface area (TPSA) is 79.1 Å². The molecule has 1 aliphatic heterocycles. The Morgan fingerprint density at radius 3 is 2.24 bits per heavy atom. The van der Waals surface area contributed by atoms with Crippen LogP contribution in [0.3, 0.4) is 0 Å². The Labute approximate surface area is 269 Å². The fraction of sp³-hybridized carbons (Fsp3) is 0.219. The third-order valence-electron chi connectivity index (χ3n) is 6.65. The van der Waals surface area contributed by atoms with Gasteiger partial charge >= 0.3 is 12.1 Å². The average Bonchev–Trinajstić information content (AvgIpc) is 3.31. The number of halogens is 5. The van der Waals surface area contributed by atoms with Gasteiger partial charge in [0.05, 0.1) is 29.4 Å². The van der Waals surface area contributed by atoms with Gasteiger partial charge in [-0.2, -0.15) is 13.2 Å². The Kier molecular flexibility index (Phi) is 9.71. The molecular formula is C32H25Cl2F3N2O5S. The molecule has 3 aromatic carbocycles. The number of fused-ring (bicyclic) bond motifs is 1. The summed E-state index contributed by atoms with van der Waals surface area (Å²) in [6, 6.07) is 16.6. The number of esters is 1. The van der Waals surface area contributed by atoms with E-state index in [2.05, 4.69) is 4.99 Å². The number of benzene rings is 3. The molecule has 5 rings (SSSR count). The first kappa shape index (κ1) is 32.3. The van der Waals surface area contributed by atoms with Crippen LogP contribution in [0.2, 0.25) is 10.0 Å². The van der Waals surface area contributed by atoms with E-state index in [9.17, 15) is 22.8 Å². The zero-order valence-corrected chi connectivity index (χ0v) is 26.2. The van der Waals surface area contributed by atoms with Crippen LogP contribution >= 0.6 is 34.5 Å². The SMILES string of the molecule is CCOC(=O)C1=C(C(F)(F)F)N=c2s/c(=C\c3ccc(OCc4ccc(Cl)cc4)c(OCC)c3)c(=O)n2[C@H]1c1ccc(Cl)cc1. The van der Waals surface area contributed by atoms with Gasteiger partial charge in [-0.3, -0.25) is 9.36 Å². The molecular weight excluding hydrogens is 652 g/mol. The Morgan fingerprint density at radius 2 is 1.62 bits per heavy atom. The van der Waals surface area contributed by atoms with Crippen molar-refractivity contribution >= 4 is 46.6 Å². The Balaban J connectivity index is 1.61. The lowest BCUT2D eigenvalue weighted by Gasteiger charge is -2.26. The maximum absolute atomic E-state index is 14.3. The largest absolute Gasteiger partial charge is 0.490 e. The Hall–Kier alpha value is -4.06. The molecule has 0 bridgehead atoms. The van der Waals surface area contributed by atoms with Crippen LogP contribution in [0.15, 0.2) is 87.8 Å². The number of thiazole rings is 1. The fourth-order valence-corrected chi connectivity index (χ4v) is 5.95. The standard InChI is InChI=1S/C32H25Cl2F3N2O5S/c1-3-42-24-15-19(7-14-23(24)44-17-18-5-10-21(33)11-6-18)16-25-29(40)39-27(20-8-12-22(34)13-9-20)26(30(41)43-4-2)28(32(35,36)37)38-31(39)45-25/h5-16,27H,3-4,17H2,1-2H3/b25-16-/t27-/m0/s1. The molecule has 1 aromatic heterocycles. The predicted molar refractivity (Wildman–Crippen MR) is 166 cm³/mol. The van der Waals surface area contributed by atoms with Crippen LogP contribution in [0.1, 0.15) is 36.6 Å². The summed E-state index contributed by atoms with van der Waals surface area (Å²) in [6.07, 6.45) is -3.48. The van der Waals surface area contributed by atoms with E-state index in [1.54, 1.807) is 30.3 Å². The summed E-state index contributed by atoms with van der Waals surface area (Å²) in [5.74, 6) is -0.351. The van der Waals surface area contributed by atoms with Crippen molar-refractivity contribution in [2.45, 2.75) is 32.7 Å². The molecule has 0 saturated heterocycles. The van der Waals surface area contributed by atoms with Crippen molar-refractivity contribution in [3.63, 3.8) is 0 Å². The first-order valence-corrected chi connectivity index (χ1v) is 15.3. The van der Waals surface area contributed by atoms with E-state index < -0.39 is 35.0 Å². The minimum Gasteiger partial charge on any atom is -0.490 e. The minimum absolute atomic E-state index is 0.0941. The zero-order chi connectivity index (χ0) is 32.3. The van der Waals surface area contributed by atoms with E-state index >= 15 is 0 Å². The molecule has 2 heterocycles. The van der Waals surface area contributed by atoms with Crippen molar-refractivity contribution in [1.29, 1.82) is 0 Å². The van der Waals surface area contributed by atoms with Gasteiger partial charge in [-0.05, 0) is 73.0 Å². The van der Waals surface area contributed by atoms with Gasteiger partial charge in [0.15, 0.2) is 22.0 Å². The van der Waals surface area contributed by atoms with Crippen molar-refractivity contribution < 1.29 is 32.2 Å². The molecule has 7 nitrogen and oxygen atoms in total. The lowest BCUT2D eigenvalue weighted by molar-refractivity contribution is -0.140. The van der Waals surface area contributed by atoms with Crippen LogP contribution in [-0.2, 0) is 16.1 Å². The summed E-state index contributed by atoms with van der Waals surface area (Å²) in [7, 11) is 0. The number of rotatable bonds is 9. The van der Waals surface area contributed by atoms with Crippen molar-refractivity contribution in [2.75, 3.05) is 13.2 Å². The number of alkyl halides is 3. The maximum Gasteiger partial charge on any atom is 0.434 e. The molecule has 1 atom stereocenters. The second-order valence-electron chi connectivity index (χ2n) is 9.67. The van der Waals surface area contributed by atoms with Crippen LogP contribution in [-0.4, -0.2) is 29.9 Å². The highest BCUT2D eigenvalue weighted by atomic mass is 35.5. The van der Waals surface area contributed by atoms with Crippen LogP contribution in [0, 0.1) is 0 Å².